The van der Waals surface area contributed by atoms with Crippen LogP contribution in [0.3, 0.4) is 0 Å². The molecule has 1 rings (SSSR count). The van der Waals surface area contributed by atoms with Gasteiger partial charge in [-0.2, -0.15) is 0 Å². The van der Waals surface area contributed by atoms with Crippen LogP contribution in [0.2, 0.25) is 25.1 Å². The van der Waals surface area contributed by atoms with Crippen LogP contribution in [0.25, 0.3) is 0 Å². The first-order valence-corrected chi connectivity index (χ1v) is 9.66. The van der Waals surface area contributed by atoms with Crippen molar-refractivity contribution in [2.24, 2.45) is 11.3 Å². The van der Waals surface area contributed by atoms with E-state index in [2.05, 4.69) is 27.7 Å². The van der Waals surface area contributed by atoms with Crippen LogP contribution in [0.15, 0.2) is 0 Å². The van der Waals surface area contributed by atoms with E-state index in [9.17, 15) is 5.11 Å². The molecule has 1 atom stereocenters. The molecule has 0 saturated carbocycles. The number of halogens is 5. The molecule has 0 fully saturated rings. The predicted octanol–water partition coefficient (Wildman–Crippen LogP) is 6.81. The normalized spacial score (nSPS) is 14.4. The van der Waals surface area contributed by atoms with Gasteiger partial charge in [0.2, 0.25) is 0 Å². The molecule has 0 aliphatic carbocycles. The summed E-state index contributed by atoms with van der Waals surface area (Å²) in [6.45, 7) is 8.65. The number of hydrogen-bond donors (Lipinski definition) is 0. The zero-order valence-electron chi connectivity index (χ0n) is 12.7. The minimum absolute atomic E-state index is 0.0547. The molecule has 124 valence electrons. The molecule has 0 spiro atoms. The van der Waals surface area contributed by atoms with Gasteiger partial charge in [-0.3, -0.25) is 0 Å². The van der Waals surface area contributed by atoms with Crippen molar-refractivity contribution in [3.05, 3.63) is 30.7 Å². The Bertz CT molecular complexity index is 564. The largest absolute Gasteiger partial charge is 0.823 e. The van der Waals surface area contributed by atoms with E-state index in [1.807, 2.05) is 0 Å². The fourth-order valence-corrected chi connectivity index (χ4v) is 4.65. The summed E-state index contributed by atoms with van der Waals surface area (Å²) in [5, 5.41) is 12.7. The van der Waals surface area contributed by atoms with Crippen molar-refractivity contribution in [1.82, 2.24) is 0 Å². The molecule has 22 heavy (non-hydrogen) atoms. The molecule has 1 nitrogen and oxygen atoms in total. The van der Waals surface area contributed by atoms with E-state index in [-0.39, 0.29) is 41.6 Å². The molecule has 0 saturated heterocycles. The third kappa shape index (κ3) is 5.42. The van der Waals surface area contributed by atoms with Crippen LogP contribution < -0.4 is 5.11 Å². The van der Waals surface area contributed by atoms with E-state index in [0.29, 0.717) is 14.1 Å². The Morgan fingerprint density at radius 2 is 1.36 bits per heavy atom. The van der Waals surface area contributed by atoms with Gasteiger partial charge in [-0.25, -0.2) is 0 Å². The zero-order valence-corrected chi connectivity index (χ0v) is 17.4. The van der Waals surface area contributed by atoms with Crippen molar-refractivity contribution in [3.8, 4) is 0 Å². The van der Waals surface area contributed by atoms with Crippen LogP contribution in [0.1, 0.15) is 39.7 Å². The number of rotatable bonds is 4. The van der Waals surface area contributed by atoms with Crippen LogP contribution in [0.4, 0.5) is 0 Å². The maximum Gasteiger partial charge on any atom is 0.0809 e. The molecule has 7 heteroatoms. The fraction of sp³-hybridized carbons (Fsp3) is 0.533. The van der Waals surface area contributed by atoms with Gasteiger partial charge in [-0.15, -0.1) is 13.7 Å². The van der Waals surface area contributed by atoms with Crippen LogP contribution in [-0.4, -0.2) is 11.6 Å². The van der Waals surface area contributed by atoms with Gasteiger partial charge < -0.3 is 5.11 Å². The maximum atomic E-state index is 12.4. The Labute approximate surface area is 158 Å². The van der Waals surface area contributed by atoms with Crippen molar-refractivity contribution in [1.29, 1.82) is 0 Å². The van der Waals surface area contributed by atoms with E-state index in [1.54, 1.807) is 0 Å². The molecule has 0 radical (unpaired) electrons. The van der Waals surface area contributed by atoms with Crippen molar-refractivity contribution in [2.45, 2.75) is 34.1 Å². The van der Waals surface area contributed by atoms with Crippen LogP contribution in [-0.2, 0) is 0 Å². The Morgan fingerprint density at radius 3 is 1.77 bits per heavy atom. The molecular formula is C15H17Cl5OP-. The Balaban J connectivity index is 3.09. The summed E-state index contributed by atoms with van der Waals surface area (Å²) in [7, 11) is 0.613. The summed E-state index contributed by atoms with van der Waals surface area (Å²) in [6.07, 6.45) is 1.75. The van der Waals surface area contributed by atoms with E-state index < -0.39 is 0 Å². The zero-order chi connectivity index (χ0) is 17.2. The molecule has 0 heterocycles. The molecule has 1 unspecified atom stereocenters. The van der Waals surface area contributed by atoms with E-state index in [4.69, 9.17) is 58.0 Å². The number of benzene rings is 1. The Morgan fingerprint density at radius 1 is 0.955 bits per heavy atom. The molecule has 0 aromatic heterocycles. The summed E-state index contributed by atoms with van der Waals surface area (Å²) in [4.78, 5) is 0. The lowest BCUT2D eigenvalue weighted by molar-refractivity contribution is -0.207. The third-order valence-corrected chi connectivity index (χ3v) is 6.52. The molecule has 0 aliphatic heterocycles. The average Bonchev–Trinajstić information content (AvgIpc) is 2.39. The van der Waals surface area contributed by atoms with Gasteiger partial charge in [0.05, 0.1) is 25.1 Å². The second-order valence-electron chi connectivity index (χ2n) is 6.46. The van der Waals surface area contributed by atoms with E-state index in [1.165, 1.54) is 0 Å². The van der Waals surface area contributed by atoms with Crippen molar-refractivity contribution in [2.75, 3.05) is 6.16 Å². The summed E-state index contributed by atoms with van der Waals surface area (Å²) in [5.74, 6) is 0.404. The van der Waals surface area contributed by atoms with Gasteiger partial charge >= 0.3 is 0 Å². The van der Waals surface area contributed by atoms with Crippen molar-refractivity contribution >= 4 is 71.7 Å². The molecule has 1 aromatic rings. The summed E-state index contributed by atoms with van der Waals surface area (Å²) in [6, 6.07) is 0. The maximum absolute atomic E-state index is 12.4. The van der Waals surface area contributed by atoms with Gasteiger partial charge in [-0.1, -0.05) is 85.7 Å². The second kappa shape index (κ2) is 8.26. The summed E-state index contributed by atoms with van der Waals surface area (Å²) < 4.78 is 0. The topological polar surface area (TPSA) is 23.1 Å². The van der Waals surface area contributed by atoms with Crippen LogP contribution in [0, 0.1) is 11.3 Å². The molecule has 0 bridgehead atoms. The lowest BCUT2D eigenvalue weighted by Crippen LogP contribution is -2.19. The van der Waals surface area contributed by atoms with E-state index >= 15 is 0 Å². The first-order chi connectivity index (χ1) is 9.95. The van der Waals surface area contributed by atoms with Gasteiger partial charge in [0, 0.05) is 5.56 Å². The summed E-state index contributed by atoms with van der Waals surface area (Å²) in [5.41, 5.74) is 0.170. The standard InChI is InChI=1S/C15H18Cl5OP/c1-7(5-15(2,3)4)6-22-14(21)8-9(16)11(18)13(20)12(19)10(8)17/h7,21H,5-6H2,1-4H3/p-1. The third-order valence-electron chi connectivity index (χ3n) is 2.93. The highest BCUT2D eigenvalue weighted by Crippen LogP contribution is 2.44. The highest BCUT2D eigenvalue weighted by molar-refractivity contribution is 7.40. The van der Waals surface area contributed by atoms with Crippen molar-refractivity contribution in [3.63, 3.8) is 0 Å². The summed E-state index contributed by atoms with van der Waals surface area (Å²) >= 11 is 30.1. The average molecular weight is 422 g/mol. The number of hydrogen-bond acceptors (Lipinski definition) is 1. The van der Waals surface area contributed by atoms with Gasteiger partial charge in [0.25, 0.3) is 0 Å². The lowest BCUT2D eigenvalue weighted by Gasteiger charge is -2.23. The van der Waals surface area contributed by atoms with Gasteiger partial charge in [0.15, 0.2) is 0 Å². The minimum Gasteiger partial charge on any atom is -0.823 e. The smallest absolute Gasteiger partial charge is 0.0809 e. The molecule has 0 aliphatic rings. The Hall–Kier alpha value is 0.800. The fourth-order valence-electron chi connectivity index (χ4n) is 2.22. The monoisotopic (exact) mass is 419 g/mol. The molecule has 0 N–H and O–H groups in total. The highest BCUT2D eigenvalue weighted by Gasteiger charge is 2.19. The van der Waals surface area contributed by atoms with Crippen LogP contribution >= 0.6 is 66.2 Å². The van der Waals surface area contributed by atoms with Crippen molar-refractivity contribution < 1.29 is 5.11 Å². The van der Waals surface area contributed by atoms with E-state index in [0.717, 1.165) is 12.6 Å². The quantitative estimate of drug-likeness (QED) is 0.297. The molecule has 0 amide bonds. The second-order valence-corrected chi connectivity index (χ2v) is 9.44. The van der Waals surface area contributed by atoms with Gasteiger partial charge in [-0.05, 0) is 23.9 Å². The SMILES string of the molecule is CC(CP=C([O-])c1c(Cl)c(Cl)c(Cl)c(Cl)c1Cl)CC(C)(C)C. The first kappa shape index (κ1) is 20.8. The predicted molar refractivity (Wildman–Crippen MR) is 101 cm³/mol. The lowest BCUT2D eigenvalue weighted by atomic mass is 9.86. The Kier molecular flexibility index (Phi) is 7.82. The molecular weight excluding hydrogens is 404 g/mol. The van der Waals surface area contributed by atoms with Crippen LogP contribution in [0.5, 0.6) is 0 Å². The molecule has 1 aromatic carbocycles. The highest BCUT2D eigenvalue weighted by atomic mass is 35.5. The minimum atomic E-state index is -0.198. The first-order valence-electron chi connectivity index (χ1n) is 6.69. The van der Waals surface area contributed by atoms with Gasteiger partial charge in [0.1, 0.15) is 0 Å².